The van der Waals surface area contributed by atoms with E-state index >= 15 is 0 Å². The van der Waals surface area contributed by atoms with Gasteiger partial charge in [-0.25, -0.2) is 9.97 Å². The van der Waals surface area contributed by atoms with Crippen LogP contribution in [0, 0.1) is 0 Å². The van der Waals surface area contributed by atoms with Gasteiger partial charge in [-0.1, -0.05) is 30.0 Å². The number of ether oxygens (including phenoxy) is 1. The van der Waals surface area contributed by atoms with Crippen LogP contribution in [0.1, 0.15) is 10.4 Å². The molecule has 0 fully saturated rings. The maximum Gasteiger partial charge on any atom is 0.269 e. The number of para-hydroxylation sites is 1. The van der Waals surface area contributed by atoms with Crippen molar-refractivity contribution < 1.29 is 9.53 Å². The number of aromatic nitrogens is 3. The number of anilines is 2. The SMILES string of the molecule is COc1ccc(C(=O)NNc2ncnc(Sc3cccc4cccnc34)c2N)cc1. The van der Waals surface area contributed by atoms with E-state index in [2.05, 4.69) is 25.8 Å². The van der Waals surface area contributed by atoms with Gasteiger partial charge in [-0.15, -0.1) is 0 Å². The highest BCUT2D eigenvalue weighted by Gasteiger charge is 2.13. The fourth-order valence-electron chi connectivity index (χ4n) is 2.75. The predicted octanol–water partition coefficient (Wildman–Crippen LogP) is 3.52. The van der Waals surface area contributed by atoms with Gasteiger partial charge in [0.25, 0.3) is 5.91 Å². The van der Waals surface area contributed by atoms with Crippen LogP contribution in [0.15, 0.2) is 77.0 Å². The second-order valence-electron chi connectivity index (χ2n) is 6.18. The highest BCUT2D eigenvalue weighted by molar-refractivity contribution is 7.99. The summed E-state index contributed by atoms with van der Waals surface area (Å²) in [6.07, 6.45) is 3.14. The van der Waals surface area contributed by atoms with E-state index in [0.717, 1.165) is 15.8 Å². The average Bonchev–Trinajstić information content (AvgIpc) is 2.79. The van der Waals surface area contributed by atoms with Gasteiger partial charge in [0.2, 0.25) is 0 Å². The zero-order chi connectivity index (χ0) is 20.9. The summed E-state index contributed by atoms with van der Waals surface area (Å²) in [6.45, 7) is 0. The Labute approximate surface area is 176 Å². The summed E-state index contributed by atoms with van der Waals surface area (Å²) < 4.78 is 5.10. The first-order chi connectivity index (χ1) is 14.7. The molecule has 0 radical (unpaired) electrons. The van der Waals surface area contributed by atoms with Gasteiger partial charge in [0.1, 0.15) is 22.8 Å². The molecule has 4 N–H and O–H groups in total. The van der Waals surface area contributed by atoms with Crippen LogP contribution in [-0.4, -0.2) is 28.0 Å². The first-order valence-corrected chi connectivity index (χ1v) is 9.80. The number of amides is 1. The zero-order valence-corrected chi connectivity index (χ0v) is 16.8. The van der Waals surface area contributed by atoms with Gasteiger partial charge < -0.3 is 10.5 Å². The molecule has 0 saturated carbocycles. The van der Waals surface area contributed by atoms with Crippen molar-refractivity contribution >= 4 is 40.1 Å². The van der Waals surface area contributed by atoms with Crippen LogP contribution in [0.25, 0.3) is 10.9 Å². The number of carbonyl (C=O) groups is 1. The summed E-state index contributed by atoms with van der Waals surface area (Å²) in [6, 6.07) is 16.5. The summed E-state index contributed by atoms with van der Waals surface area (Å²) >= 11 is 1.39. The van der Waals surface area contributed by atoms with Crippen LogP contribution in [0.5, 0.6) is 5.75 Å². The molecule has 0 aliphatic rings. The van der Waals surface area contributed by atoms with Gasteiger partial charge in [-0.2, -0.15) is 0 Å². The Morgan fingerprint density at radius 2 is 1.83 bits per heavy atom. The molecule has 2 heterocycles. The molecule has 4 rings (SSSR count). The molecule has 0 spiro atoms. The Balaban J connectivity index is 1.50. The summed E-state index contributed by atoms with van der Waals surface area (Å²) in [5.74, 6) is 0.648. The molecule has 8 nitrogen and oxygen atoms in total. The van der Waals surface area contributed by atoms with Crippen LogP contribution in [-0.2, 0) is 0 Å². The van der Waals surface area contributed by atoms with Crippen molar-refractivity contribution in [3.63, 3.8) is 0 Å². The highest BCUT2D eigenvalue weighted by atomic mass is 32.2. The maximum absolute atomic E-state index is 12.3. The Bertz CT molecular complexity index is 1190. The molecule has 2 aromatic carbocycles. The first-order valence-electron chi connectivity index (χ1n) is 8.98. The van der Waals surface area contributed by atoms with Crippen molar-refractivity contribution in [3.05, 3.63) is 72.7 Å². The molecule has 0 aliphatic heterocycles. The van der Waals surface area contributed by atoms with Crippen LogP contribution in [0.3, 0.4) is 0 Å². The first kappa shape index (κ1) is 19.5. The van der Waals surface area contributed by atoms with E-state index in [-0.39, 0.29) is 5.91 Å². The summed E-state index contributed by atoms with van der Waals surface area (Å²) in [4.78, 5) is 26.1. The molecule has 4 aromatic rings. The highest BCUT2D eigenvalue weighted by Crippen LogP contribution is 2.35. The van der Waals surface area contributed by atoms with Gasteiger partial charge in [-0.05, 0) is 36.4 Å². The normalized spacial score (nSPS) is 10.6. The molecule has 0 unspecified atom stereocenters. The lowest BCUT2D eigenvalue weighted by atomic mass is 10.2. The van der Waals surface area contributed by atoms with Crippen molar-refractivity contribution in [2.24, 2.45) is 0 Å². The van der Waals surface area contributed by atoms with Crippen molar-refractivity contribution in [3.8, 4) is 5.75 Å². The standard InChI is InChI=1S/C21H18N6O2S/c1-29-15-9-7-14(8-10-15)20(28)27-26-19-17(22)21(25-12-24-19)30-16-6-2-4-13-5-3-11-23-18(13)16/h2-12H,22H2,1H3,(H,27,28)(H,24,25,26). The second kappa shape index (κ2) is 8.66. The number of fused-ring (bicyclic) bond motifs is 1. The van der Waals surface area contributed by atoms with Gasteiger partial charge in [0.15, 0.2) is 5.82 Å². The summed E-state index contributed by atoms with van der Waals surface area (Å²) in [5.41, 5.74) is 13.3. The number of nitrogens with zero attached hydrogens (tertiary/aromatic N) is 3. The number of benzene rings is 2. The van der Waals surface area contributed by atoms with E-state index in [1.54, 1.807) is 37.6 Å². The lowest BCUT2D eigenvalue weighted by molar-refractivity contribution is 0.0962. The van der Waals surface area contributed by atoms with Crippen LogP contribution in [0.2, 0.25) is 0 Å². The third-order valence-corrected chi connectivity index (χ3v) is 5.36. The number of hydrogen-bond donors (Lipinski definition) is 3. The number of nitrogen functional groups attached to an aromatic ring is 1. The van der Waals surface area contributed by atoms with Crippen molar-refractivity contribution in [2.45, 2.75) is 9.92 Å². The minimum absolute atomic E-state index is 0.308. The molecule has 1 amide bonds. The molecule has 2 aromatic heterocycles. The Morgan fingerprint density at radius 1 is 1.03 bits per heavy atom. The fourth-order valence-corrected chi connectivity index (χ4v) is 3.68. The molecular formula is C21H18N6O2S. The second-order valence-corrected chi connectivity index (χ2v) is 7.21. The molecule has 0 aliphatic carbocycles. The van der Waals surface area contributed by atoms with Crippen molar-refractivity contribution in [2.75, 3.05) is 18.3 Å². The number of hydrazine groups is 1. The Morgan fingerprint density at radius 3 is 2.63 bits per heavy atom. The molecule has 0 saturated heterocycles. The lowest BCUT2D eigenvalue weighted by Gasteiger charge is -2.12. The number of hydrogen-bond acceptors (Lipinski definition) is 8. The van der Waals surface area contributed by atoms with Gasteiger partial charge in [0.05, 0.1) is 12.6 Å². The average molecular weight is 418 g/mol. The van der Waals surface area contributed by atoms with Crippen LogP contribution >= 0.6 is 11.8 Å². The maximum atomic E-state index is 12.3. The van der Waals surface area contributed by atoms with E-state index in [4.69, 9.17) is 10.5 Å². The molecule has 0 bridgehead atoms. The minimum atomic E-state index is -0.330. The number of carbonyl (C=O) groups excluding carboxylic acids is 1. The van der Waals surface area contributed by atoms with E-state index in [0.29, 0.717) is 27.8 Å². The number of rotatable bonds is 6. The molecule has 150 valence electrons. The number of nitrogens with two attached hydrogens (primary N) is 1. The molecule has 0 atom stereocenters. The van der Waals surface area contributed by atoms with E-state index in [1.165, 1.54) is 18.1 Å². The van der Waals surface area contributed by atoms with Crippen LogP contribution in [0.4, 0.5) is 11.5 Å². The van der Waals surface area contributed by atoms with Crippen molar-refractivity contribution in [1.82, 2.24) is 20.4 Å². The van der Waals surface area contributed by atoms with Gasteiger partial charge >= 0.3 is 0 Å². The number of nitrogens with one attached hydrogen (secondary N) is 2. The smallest absolute Gasteiger partial charge is 0.269 e. The topological polar surface area (TPSA) is 115 Å². The van der Waals surface area contributed by atoms with Gasteiger partial charge in [-0.3, -0.25) is 20.6 Å². The summed E-state index contributed by atoms with van der Waals surface area (Å²) in [7, 11) is 1.57. The Hall–Kier alpha value is -3.85. The zero-order valence-electron chi connectivity index (χ0n) is 16.0. The fraction of sp³-hybridized carbons (Fsp3) is 0.0476. The third-order valence-electron chi connectivity index (χ3n) is 4.30. The third kappa shape index (κ3) is 4.11. The number of methoxy groups -OCH3 is 1. The number of pyridine rings is 1. The van der Waals surface area contributed by atoms with Gasteiger partial charge in [0, 0.05) is 22.0 Å². The lowest BCUT2D eigenvalue weighted by Crippen LogP contribution is -2.30. The largest absolute Gasteiger partial charge is 0.497 e. The molecular weight excluding hydrogens is 400 g/mol. The molecule has 9 heteroatoms. The Kier molecular flexibility index (Phi) is 5.62. The monoisotopic (exact) mass is 418 g/mol. The molecule has 30 heavy (non-hydrogen) atoms. The predicted molar refractivity (Wildman–Crippen MR) is 116 cm³/mol. The quantitative estimate of drug-likeness (QED) is 0.322. The van der Waals surface area contributed by atoms with E-state index < -0.39 is 0 Å². The minimum Gasteiger partial charge on any atom is -0.497 e. The van der Waals surface area contributed by atoms with E-state index in [9.17, 15) is 4.79 Å². The van der Waals surface area contributed by atoms with E-state index in [1.807, 2.05) is 30.3 Å². The van der Waals surface area contributed by atoms with Crippen LogP contribution < -0.4 is 21.3 Å². The summed E-state index contributed by atoms with van der Waals surface area (Å²) in [5, 5.41) is 1.59. The van der Waals surface area contributed by atoms with Crippen molar-refractivity contribution in [1.29, 1.82) is 0 Å².